The third kappa shape index (κ3) is 2.31. The molecule has 6 heteroatoms. The normalized spacial score (nSPS) is 17.2. The molecule has 1 heterocycles. The van der Waals surface area contributed by atoms with E-state index in [1.54, 1.807) is 0 Å². The van der Waals surface area contributed by atoms with Gasteiger partial charge in [0.2, 0.25) is 11.7 Å². The van der Waals surface area contributed by atoms with Gasteiger partial charge in [-0.2, -0.15) is 4.98 Å². The van der Waals surface area contributed by atoms with Crippen molar-refractivity contribution in [3.8, 4) is 17.1 Å². The van der Waals surface area contributed by atoms with Crippen LogP contribution >= 0.6 is 0 Å². The molecule has 0 amide bonds. The lowest BCUT2D eigenvalue weighted by molar-refractivity contribution is 0.222. The first-order chi connectivity index (χ1) is 9.06. The Morgan fingerprint density at radius 2 is 2.21 bits per heavy atom. The van der Waals surface area contributed by atoms with Crippen molar-refractivity contribution in [1.82, 2.24) is 10.1 Å². The highest BCUT2D eigenvalue weighted by Gasteiger charge is 2.34. The van der Waals surface area contributed by atoms with Crippen molar-refractivity contribution in [2.24, 2.45) is 5.73 Å². The van der Waals surface area contributed by atoms with Crippen molar-refractivity contribution >= 4 is 0 Å². The summed E-state index contributed by atoms with van der Waals surface area (Å²) in [5.41, 5.74) is 6.34. The highest BCUT2D eigenvalue weighted by molar-refractivity contribution is 5.55. The minimum absolute atomic E-state index is 0.232. The van der Waals surface area contributed by atoms with E-state index in [-0.39, 0.29) is 5.54 Å². The standard InChI is InChI=1S/C13H14FN3O2/c14-9-6-8(2-3-10(9)18)12-16-11(19-17-12)7-13(15)4-1-5-13/h2-3,6,18H,1,4-5,7,15H2. The van der Waals surface area contributed by atoms with Crippen LogP contribution in [0.2, 0.25) is 0 Å². The van der Waals surface area contributed by atoms with Crippen molar-refractivity contribution < 1.29 is 14.0 Å². The van der Waals surface area contributed by atoms with Crippen molar-refractivity contribution in [2.75, 3.05) is 0 Å². The number of halogens is 1. The van der Waals surface area contributed by atoms with Gasteiger partial charge in [-0.1, -0.05) is 5.16 Å². The number of phenols is 1. The Morgan fingerprint density at radius 3 is 2.84 bits per heavy atom. The molecule has 0 saturated heterocycles. The first-order valence-electron chi connectivity index (χ1n) is 6.16. The third-order valence-corrected chi connectivity index (χ3v) is 3.53. The van der Waals surface area contributed by atoms with Crippen LogP contribution < -0.4 is 5.73 Å². The van der Waals surface area contributed by atoms with Crippen LogP contribution in [0.15, 0.2) is 22.7 Å². The molecule has 1 aliphatic rings. The van der Waals surface area contributed by atoms with Gasteiger partial charge in [-0.3, -0.25) is 0 Å². The fourth-order valence-corrected chi connectivity index (χ4v) is 2.20. The summed E-state index contributed by atoms with van der Waals surface area (Å²) in [5.74, 6) is -0.344. The van der Waals surface area contributed by atoms with E-state index >= 15 is 0 Å². The zero-order chi connectivity index (χ0) is 13.5. The maximum absolute atomic E-state index is 13.3. The molecule has 1 fully saturated rings. The molecule has 0 unspecified atom stereocenters. The topological polar surface area (TPSA) is 85.2 Å². The van der Waals surface area contributed by atoms with E-state index in [4.69, 9.17) is 15.4 Å². The number of nitrogens with two attached hydrogens (primary N) is 1. The summed E-state index contributed by atoms with van der Waals surface area (Å²) in [6, 6.07) is 3.97. The fourth-order valence-electron chi connectivity index (χ4n) is 2.20. The van der Waals surface area contributed by atoms with E-state index in [1.807, 2.05) is 0 Å². The van der Waals surface area contributed by atoms with Crippen LogP contribution in [0.4, 0.5) is 4.39 Å². The van der Waals surface area contributed by atoms with Crippen LogP contribution in [0.5, 0.6) is 5.75 Å². The van der Waals surface area contributed by atoms with Gasteiger partial charge in [0.25, 0.3) is 0 Å². The molecule has 3 rings (SSSR count). The van der Waals surface area contributed by atoms with E-state index in [0.29, 0.717) is 23.7 Å². The van der Waals surface area contributed by atoms with Crippen molar-refractivity contribution in [3.63, 3.8) is 0 Å². The van der Waals surface area contributed by atoms with Gasteiger partial charge in [0.15, 0.2) is 11.6 Å². The summed E-state index contributed by atoms with van der Waals surface area (Å²) in [5, 5.41) is 12.9. The maximum Gasteiger partial charge on any atom is 0.228 e. The van der Waals surface area contributed by atoms with E-state index < -0.39 is 11.6 Å². The Balaban J connectivity index is 1.82. The molecule has 1 aliphatic carbocycles. The summed E-state index contributed by atoms with van der Waals surface area (Å²) >= 11 is 0. The summed E-state index contributed by atoms with van der Waals surface area (Å²) in [4.78, 5) is 4.21. The molecule has 100 valence electrons. The van der Waals surface area contributed by atoms with E-state index in [0.717, 1.165) is 19.3 Å². The molecule has 19 heavy (non-hydrogen) atoms. The molecule has 1 saturated carbocycles. The molecular formula is C13H14FN3O2. The van der Waals surface area contributed by atoms with E-state index in [9.17, 15) is 4.39 Å². The molecule has 3 N–H and O–H groups in total. The predicted octanol–water partition coefficient (Wildman–Crippen LogP) is 2.01. The second kappa shape index (κ2) is 4.31. The number of rotatable bonds is 3. The summed E-state index contributed by atoms with van der Waals surface area (Å²) in [6.45, 7) is 0. The fraction of sp³-hybridized carbons (Fsp3) is 0.385. The smallest absolute Gasteiger partial charge is 0.228 e. The van der Waals surface area contributed by atoms with Crippen LogP contribution in [-0.4, -0.2) is 20.8 Å². The second-order valence-corrected chi connectivity index (χ2v) is 5.07. The number of aromatic hydroxyl groups is 1. The highest BCUT2D eigenvalue weighted by atomic mass is 19.1. The summed E-state index contributed by atoms with van der Waals surface area (Å²) < 4.78 is 18.4. The largest absolute Gasteiger partial charge is 0.505 e. The lowest BCUT2D eigenvalue weighted by Crippen LogP contribution is -2.48. The van der Waals surface area contributed by atoms with Crippen LogP contribution in [0.25, 0.3) is 11.4 Å². The van der Waals surface area contributed by atoms with Crippen molar-refractivity contribution in [1.29, 1.82) is 0 Å². The SMILES string of the molecule is NC1(Cc2nc(-c3ccc(O)c(F)c3)no2)CCC1. The Bertz CT molecular complexity index is 608. The van der Waals surface area contributed by atoms with Gasteiger partial charge in [-0.05, 0) is 37.5 Å². The first-order valence-corrected chi connectivity index (χ1v) is 6.16. The molecular weight excluding hydrogens is 249 g/mol. The number of aromatic nitrogens is 2. The number of nitrogens with zero attached hydrogens (tertiary/aromatic N) is 2. The van der Waals surface area contributed by atoms with Gasteiger partial charge in [-0.25, -0.2) is 4.39 Å². The van der Waals surface area contributed by atoms with Gasteiger partial charge in [0.05, 0.1) is 0 Å². The van der Waals surface area contributed by atoms with Crippen LogP contribution in [0.3, 0.4) is 0 Å². The lowest BCUT2D eigenvalue weighted by Gasteiger charge is -2.36. The molecule has 0 bridgehead atoms. The Kier molecular flexibility index (Phi) is 2.74. The van der Waals surface area contributed by atoms with E-state index in [1.165, 1.54) is 18.2 Å². The van der Waals surface area contributed by atoms with E-state index in [2.05, 4.69) is 10.1 Å². The zero-order valence-corrected chi connectivity index (χ0v) is 10.3. The number of hydrogen-bond acceptors (Lipinski definition) is 5. The van der Waals surface area contributed by atoms with Crippen molar-refractivity contribution in [2.45, 2.75) is 31.2 Å². The quantitative estimate of drug-likeness (QED) is 0.884. The predicted molar refractivity (Wildman–Crippen MR) is 65.8 cm³/mol. The Morgan fingerprint density at radius 1 is 1.42 bits per heavy atom. The minimum atomic E-state index is -0.710. The number of benzene rings is 1. The number of hydrogen-bond donors (Lipinski definition) is 2. The summed E-state index contributed by atoms with van der Waals surface area (Å²) in [7, 11) is 0. The minimum Gasteiger partial charge on any atom is -0.505 e. The monoisotopic (exact) mass is 263 g/mol. The van der Waals surface area contributed by atoms with Gasteiger partial charge in [-0.15, -0.1) is 0 Å². The molecule has 5 nitrogen and oxygen atoms in total. The molecule has 0 spiro atoms. The van der Waals surface area contributed by atoms with Crippen LogP contribution in [0, 0.1) is 5.82 Å². The molecule has 0 radical (unpaired) electrons. The number of phenolic OH excluding ortho intramolecular Hbond substituents is 1. The van der Waals surface area contributed by atoms with Gasteiger partial charge in [0.1, 0.15) is 0 Å². The third-order valence-electron chi connectivity index (χ3n) is 3.53. The van der Waals surface area contributed by atoms with Gasteiger partial charge < -0.3 is 15.4 Å². The van der Waals surface area contributed by atoms with Crippen molar-refractivity contribution in [3.05, 3.63) is 29.9 Å². The highest BCUT2D eigenvalue weighted by Crippen LogP contribution is 2.32. The Labute approximate surface area is 109 Å². The molecule has 0 atom stereocenters. The Hall–Kier alpha value is -1.95. The van der Waals surface area contributed by atoms with Gasteiger partial charge in [0, 0.05) is 17.5 Å². The van der Waals surface area contributed by atoms with Crippen LogP contribution in [-0.2, 0) is 6.42 Å². The molecule has 2 aromatic rings. The maximum atomic E-state index is 13.3. The molecule has 1 aromatic heterocycles. The first kappa shape index (κ1) is 12.1. The van der Waals surface area contributed by atoms with Crippen LogP contribution in [0.1, 0.15) is 25.2 Å². The molecule has 1 aromatic carbocycles. The average Bonchev–Trinajstić information content (AvgIpc) is 2.79. The second-order valence-electron chi connectivity index (χ2n) is 5.07. The van der Waals surface area contributed by atoms with Gasteiger partial charge >= 0.3 is 0 Å². The lowest BCUT2D eigenvalue weighted by atomic mass is 9.75. The average molecular weight is 263 g/mol. The summed E-state index contributed by atoms with van der Waals surface area (Å²) in [6.07, 6.45) is 3.58. The zero-order valence-electron chi connectivity index (χ0n) is 10.3. The molecule has 0 aliphatic heterocycles.